The molecule has 118 valence electrons. The number of nitrogens with zero attached hydrogens (tertiary/aromatic N) is 3. The topological polar surface area (TPSA) is 90.1 Å². The Morgan fingerprint density at radius 1 is 1.26 bits per heavy atom. The van der Waals surface area contributed by atoms with Crippen molar-refractivity contribution in [3.63, 3.8) is 0 Å². The number of rotatable bonds is 5. The third-order valence-corrected chi connectivity index (χ3v) is 3.92. The van der Waals surface area contributed by atoms with Crippen LogP contribution >= 0.6 is 11.3 Å². The lowest BCUT2D eigenvalue weighted by Gasteiger charge is -2.06. The third kappa shape index (κ3) is 3.72. The minimum atomic E-state index is -0.167. The summed E-state index contributed by atoms with van der Waals surface area (Å²) in [6.07, 6.45) is 0. The molecule has 2 aromatic heterocycles. The van der Waals surface area contributed by atoms with Gasteiger partial charge >= 0.3 is 0 Å². The zero-order chi connectivity index (χ0) is 16.2. The molecule has 1 N–H and O–H groups in total. The Kier molecular flexibility index (Phi) is 4.33. The minimum Gasteiger partial charge on any atom is -0.484 e. The number of anilines is 1. The number of ether oxygens (including phenoxy) is 1. The summed E-state index contributed by atoms with van der Waals surface area (Å²) in [5.41, 5.74) is 3.06. The van der Waals surface area contributed by atoms with Gasteiger partial charge in [-0.25, -0.2) is 4.98 Å². The largest absolute Gasteiger partial charge is 0.484 e. The Balaban J connectivity index is 1.58. The first-order valence-corrected chi connectivity index (χ1v) is 7.73. The molecule has 0 atom stereocenters. The van der Waals surface area contributed by atoms with Crippen LogP contribution in [0.15, 0.2) is 34.2 Å². The van der Waals surface area contributed by atoms with Crippen LogP contribution < -0.4 is 10.1 Å². The number of hydrogen-bond acceptors (Lipinski definition) is 7. The molecular formula is C15H14N4O3S. The molecule has 0 saturated carbocycles. The molecule has 0 radical (unpaired) electrons. The van der Waals surface area contributed by atoms with Crippen molar-refractivity contribution >= 4 is 22.9 Å². The van der Waals surface area contributed by atoms with Gasteiger partial charge in [0.25, 0.3) is 11.8 Å². The van der Waals surface area contributed by atoms with E-state index in [9.17, 15) is 4.79 Å². The van der Waals surface area contributed by atoms with Crippen molar-refractivity contribution in [2.45, 2.75) is 20.5 Å². The number of aromatic nitrogens is 3. The summed E-state index contributed by atoms with van der Waals surface area (Å²) >= 11 is 1.32. The van der Waals surface area contributed by atoms with Crippen molar-refractivity contribution in [1.29, 1.82) is 0 Å². The molecule has 0 aliphatic rings. The van der Waals surface area contributed by atoms with E-state index in [2.05, 4.69) is 20.5 Å². The van der Waals surface area contributed by atoms with E-state index < -0.39 is 0 Å². The van der Waals surface area contributed by atoms with E-state index >= 15 is 0 Å². The average Bonchev–Trinajstić information content (AvgIpc) is 3.15. The van der Waals surface area contributed by atoms with Crippen molar-refractivity contribution in [2.75, 3.05) is 5.32 Å². The first-order chi connectivity index (χ1) is 11.1. The first-order valence-electron chi connectivity index (χ1n) is 6.85. The predicted octanol–water partition coefficient (Wildman–Crippen LogP) is 2.97. The number of amides is 1. The third-order valence-electron chi connectivity index (χ3n) is 2.99. The zero-order valence-corrected chi connectivity index (χ0v) is 13.4. The number of aryl methyl sites for hydroxylation is 2. The minimum absolute atomic E-state index is 0.167. The summed E-state index contributed by atoms with van der Waals surface area (Å²) in [4.78, 5) is 16.8. The number of nitrogens with one attached hydrogen (secondary N) is 1. The normalized spacial score (nSPS) is 10.5. The van der Waals surface area contributed by atoms with Crippen molar-refractivity contribution in [3.8, 4) is 5.75 Å². The predicted molar refractivity (Wildman–Crippen MR) is 84.6 cm³/mol. The van der Waals surface area contributed by atoms with Crippen LogP contribution in [0.4, 0.5) is 5.69 Å². The highest BCUT2D eigenvalue weighted by Gasteiger charge is 2.11. The lowest BCUT2D eigenvalue weighted by atomic mass is 10.3. The number of carbonyl (C=O) groups excluding carboxylic acids is 1. The van der Waals surface area contributed by atoms with Crippen LogP contribution in [-0.4, -0.2) is 21.1 Å². The summed E-state index contributed by atoms with van der Waals surface area (Å²) in [6, 6.07) is 7.06. The van der Waals surface area contributed by atoms with Crippen molar-refractivity contribution in [3.05, 3.63) is 52.1 Å². The molecule has 0 fully saturated rings. The van der Waals surface area contributed by atoms with Gasteiger partial charge in [0, 0.05) is 12.6 Å². The first kappa shape index (κ1) is 15.2. The van der Waals surface area contributed by atoms with Gasteiger partial charge in [0.15, 0.2) is 6.61 Å². The second kappa shape index (κ2) is 6.57. The van der Waals surface area contributed by atoms with Crippen molar-refractivity contribution < 1.29 is 13.9 Å². The standard InChI is InChI=1S/C15H14N4O3S/c1-9-14(23-8-16-9)15(20)17-11-3-5-12(6-4-11)21-7-13-19-18-10(2)22-13/h3-6,8H,7H2,1-2H3,(H,17,20). The van der Waals surface area contributed by atoms with Crippen LogP contribution in [0, 0.1) is 13.8 Å². The fourth-order valence-electron chi connectivity index (χ4n) is 1.88. The fraction of sp³-hybridized carbons (Fsp3) is 0.200. The number of hydrogen-bond donors (Lipinski definition) is 1. The van der Waals surface area contributed by atoms with E-state index in [1.807, 2.05) is 6.92 Å². The van der Waals surface area contributed by atoms with Gasteiger partial charge in [0.2, 0.25) is 5.89 Å². The molecule has 0 bridgehead atoms. The number of thiazole rings is 1. The van der Waals surface area contributed by atoms with E-state index in [0.29, 0.717) is 28.1 Å². The fourth-order valence-corrected chi connectivity index (χ4v) is 2.58. The van der Waals surface area contributed by atoms with E-state index in [4.69, 9.17) is 9.15 Å². The Morgan fingerprint density at radius 3 is 2.65 bits per heavy atom. The lowest BCUT2D eigenvalue weighted by Crippen LogP contribution is -2.11. The summed E-state index contributed by atoms with van der Waals surface area (Å²) in [5.74, 6) is 1.40. The molecule has 2 heterocycles. The van der Waals surface area contributed by atoms with E-state index in [-0.39, 0.29) is 12.5 Å². The molecule has 3 aromatic rings. The van der Waals surface area contributed by atoms with Gasteiger partial charge in [0.1, 0.15) is 10.6 Å². The van der Waals surface area contributed by atoms with E-state index in [0.717, 1.165) is 5.69 Å². The highest BCUT2D eigenvalue weighted by Crippen LogP contribution is 2.19. The monoisotopic (exact) mass is 330 g/mol. The van der Waals surface area contributed by atoms with Crippen LogP contribution in [0.1, 0.15) is 27.1 Å². The lowest BCUT2D eigenvalue weighted by molar-refractivity contribution is 0.103. The molecule has 1 amide bonds. The summed E-state index contributed by atoms with van der Waals surface area (Å²) in [5, 5.41) is 10.4. The molecule has 0 aliphatic carbocycles. The number of carbonyl (C=O) groups is 1. The average molecular weight is 330 g/mol. The van der Waals surface area contributed by atoms with Gasteiger partial charge in [0.05, 0.1) is 11.2 Å². The van der Waals surface area contributed by atoms with Gasteiger partial charge in [-0.1, -0.05) is 0 Å². The maximum Gasteiger partial charge on any atom is 0.267 e. The highest BCUT2D eigenvalue weighted by atomic mass is 32.1. The molecule has 7 nitrogen and oxygen atoms in total. The smallest absolute Gasteiger partial charge is 0.267 e. The van der Waals surface area contributed by atoms with Crippen LogP contribution in [-0.2, 0) is 6.61 Å². The van der Waals surface area contributed by atoms with Crippen molar-refractivity contribution in [2.24, 2.45) is 0 Å². The maximum atomic E-state index is 12.1. The molecule has 3 rings (SSSR count). The molecule has 0 saturated heterocycles. The summed E-state index contributed by atoms with van der Waals surface area (Å²) in [7, 11) is 0. The SMILES string of the molecule is Cc1nnc(COc2ccc(NC(=O)c3scnc3C)cc2)o1. The highest BCUT2D eigenvalue weighted by molar-refractivity contribution is 7.12. The van der Waals surface area contributed by atoms with Gasteiger partial charge in [-0.3, -0.25) is 4.79 Å². The molecule has 23 heavy (non-hydrogen) atoms. The quantitative estimate of drug-likeness (QED) is 0.773. The van der Waals surface area contributed by atoms with Crippen LogP contribution in [0.3, 0.4) is 0 Å². The maximum absolute atomic E-state index is 12.1. The second-order valence-electron chi connectivity index (χ2n) is 4.75. The zero-order valence-electron chi connectivity index (χ0n) is 12.6. The Hall–Kier alpha value is -2.74. The molecule has 1 aromatic carbocycles. The Morgan fingerprint density at radius 2 is 2.04 bits per heavy atom. The summed E-state index contributed by atoms with van der Waals surface area (Å²) < 4.78 is 10.8. The van der Waals surface area contributed by atoms with E-state index in [1.54, 1.807) is 36.7 Å². The second-order valence-corrected chi connectivity index (χ2v) is 5.60. The van der Waals surface area contributed by atoms with Crippen LogP contribution in [0.5, 0.6) is 5.75 Å². The summed E-state index contributed by atoms with van der Waals surface area (Å²) in [6.45, 7) is 3.73. The Bertz CT molecular complexity index is 810. The van der Waals surface area contributed by atoms with Gasteiger partial charge < -0.3 is 14.5 Å². The molecule has 0 spiro atoms. The molecule has 0 aliphatic heterocycles. The van der Waals surface area contributed by atoms with Crippen LogP contribution in [0.2, 0.25) is 0 Å². The molecule has 0 unspecified atom stereocenters. The van der Waals surface area contributed by atoms with Crippen molar-refractivity contribution in [1.82, 2.24) is 15.2 Å². The molecule has 8 heteroatoms. The van der Waals surface area contributed by atoms with Gasteiger partial charge in [-0.2, -0.15) is 0 Å². The van der Waals surface area contributed by atoms with Gasteiger partial charge in [-0.15, -0.1) is 21.5 Å². The van der Waals surface area contributed by atoms with Crippen LogP contribution in [0.25, 0.3) is 0 Å². The van der Waals surface area contributed by atoms with E-state index in [1.165, 1.54) is 11.3 Å². The Labute approximate surface area is 136 Å². The van der Waals surface area contributed by atoms with Gasteiger partial charge in [-0.05, 0) is 31.2 Å². The molecular weight excluding hydrogens is 316 g/mol. The number of benzene rings is 1.